The first-order chi connectivity index (χ1) is 8.49. The van der Waals surface area contributed by atoms with Crippen LogP contribution in [0.2, 0.25) is 0 Å². The molecule has 0 saturated heterocycles. The number of carbonyl (C=O) groups excluding carboxylic acids is 1. The Kier molecular flexibility index (Phi) is 3.42. The number of anilines is 1. The molecule has 0 saturated carbocycles. The third-order valence-corrected chi connectivity index (χ3v) is 3.11. The van der Waals surface area contributed by atoms with Gasteiger partial charge in [0.15, 0.2) is 0 Å². The van der Waals surface area contributed by atoms with Crippen LogP contribution in [0.5, 0.6) is 5.75 Å². The van der Waals surface area contributed by atoms with E-state index >= 15 is 0 Å². The number of nitrogens with zero attached hydrogens (tertiary/aromatic N) is 1. The lowest BCUT2D eigenvalue weighted by Crippen LogP contribution is -2.48. The van der Waals surface area contributed by atoms with Gasteiger partial charge in [0.25, 0.3) is 5.91 Å². The molecular formula is C11H11BrN2O4. The van der Waals surface area contributed by atoms with Gasteiger partial charge in [-0.1, -0.05) is 15.9 Å². The lowest BCUT2D eigenvalue weighted by atomic mass is 10.2. The maximum absolute atomic E-state index is 12.0. The van der Waals surface area contributed by atoms with Crippen molar-refractivity contribution in [2.24, 2.45) is 0 Å². The molecule has 0 spiro atoms. The van der Waals surface area contributed by atoms with E-state index in [9.17, 15) is 9.59 Å². The minimum absolute atomic E-state index is 0.0288. The van der Waals surface area contributed by atoms with E-state index in [-0.39, 0.29) is 12.5 Å². The third kappa shape index (κ3) is 2.40. The molecule has 1 atom stereocenters. The Morgan fingerprint density at radius 3 is 3.00 bits per heavy atom. The number of nitrogens with one attached hydrogen (secondary N) is 1. The third-order valence-electron chi connectivity index (χ3n) is 2.62. The highest BCUT2D eigenvalue weighted by Gasteiger charge is 2.30. The van der Waals surface area contributed by atoms with Crippen molar-refractivity contribution in [2.45, 2.75) is 6.04 Å². The smallest absolute Gasteiger partial charge is 0.405 e. The molecule has 2 N–H and O–H groups in total. The summed E-state index contributed by atoms with van der Waals surface area (Å²) in [6.45, 7) is -0.0288. The Labute approximate surface area is 112 Å². The fourth-order valence-corrected chi connectivity index (χ4v) is 2.07. The zero-order valence-electron chi connectivity index (χ0n) is 9.51. The number of ether oxygens (including phenoxy) is 1. The van der Waals surface area contributed by atoms with Gasteiger partial charge in [-0.25, -0.2) is 4.79 Å². The van der Waals surface area contributed by atoms with Gasteiger partial charge in [-0.05, 0) is 18.2 Å². The maximum Gasteiger partial charge on any atom is 0.405 e. The number of hydrogen-bond acceptors (Lipinski definition) is 3. The highest BCUT2D eigenvalue weighted by atomic mass is 79.9. The molecule has 1 aromatic rings. The van der Waals surface area contributed by atoms with Crippen LogP contribution < -0.4 is 15.0 Å². The fraction of sp³-hybridized carbons (Fsp3) is 0.273. The number of halogens is 1. The number of likely N-dealkylation sites (N-methyl/N-ethyl adjacent to an activating group) is 1. The van der Waals surface area contributed by atoms with E-state index in [2.05, 4.69) is 21.2 Å². The molecule has 0 bridgehead atoms. The van der Waals surface area contributed by atoms with Crippen molar-refractivity contribution in [3.8, 4) is 5.75 Å². The quantitative estimate of drug-likeness (QED) is 0.822. The van der Waals surface area contributed by atoms with E-state index in [1.807, 2.05) is 0 Å². The summed E-state index contributed by atoms with van der Waals surface area (Å²) in [6.07, 6.45) is -1.25. The zero-order chi connectivity index (χ0) is 13.3. The minimum atomic E-state index is -1.25. The van der Waals surface area contributed by atoms with E-state index in [1.54, 1.807) is 25.2 Å². The molecule has 2 rings (SSSR count). The number of fused-ring (bicyclic) bond motifs is 1. The van der Waals surface area contributed by atoms with Gasteiger partial charge in [0.2, 0.25) is 0 Å². The Morgan fingerprint density at radius 1 is 1.61 bits per heavy atom. The Hall–Kier alpha value is -1.76. The zero-order valence-corrected chi connectivity index (χ0v) is 11.1. The summed E-state index contributed by atoms with van der Waals surface area (Å²) in [6, 6.07) is 4.36. The largest absolute Gasteiger partial charge is 0.489 e. The van der Waals surface area contributed by atoms with Crippen molar-refractivity contribution in [1.29, 1.82) is 0 Å². The van der Waals surface area contributed by atoms with Crippen molar-refractivity contribution in [3.63, 3.8) is 0 Å². The number of hydrogen-bond donors (Lipinski definition) is 2. The number of carboxylic acid groups (broad SMARTS) is 1. The number of amides is 2. The first-order valence-electron chi connectivity index (χ1n) is 5.18. The van der Waals surface area contributed by atoms with E-state index < -0.39 is 12.1 Å². The topological polar surface area (TPSA) is 78.9 Å². The summed E-state index contributed by atoms with van der Waals surface area (Å²) in [4.78, 5) is 24.0. The Bertz CT molecular complexity index is 506. The molecule has 1 aliphatic heterocycles. The summed E-state index contributed by atoms with van der Waals surface area (Å²) in [5.41, 5.74) is 0.609. The van der Waals surface area contributed by atoms with Crippen LogP contribution in [0.3, 0.4) is 0 Å². The summed E-state index contributed by atoms with van der Waals surface area (Å²) < 4.78 is 6.29. The molecular weight excluding hydrogens is 304 g/mol. The van der Waals surface area contributed by atoms with Gasteiger partial charge in [-0.3, -0.25) is 4.79 Å². The molecule has 0 fully saturated rings. The Balaban J connectivity index is 2.32. The van der Waals surface area contributed by atoms with E-state index in [4.69, 9.17) is 9.84 Å². The lowest BCUT2D eigenvalue weighted by molar-refractivity contribution is -0.120. The van der Waals surface area contributed by atoms with Gasteiger partial charge in [-0.2, -0.15) is 0 Å². The molecule has 2 amide bonds. The van der Waals surface area contributed by atoms with Gasteiger partial charge < -0.3 is 20.1 Å². The number of carbonyl (C=O) groups is 2. The van der Waals surface area contributed by atoms with Crippen molar-refractivity contribution >= 4 is 33.6 Å². The average Bonchev–Trinajstić information content (AvgIpc) is 2.41. The van der Waals surface area contributed by atoms with E-state index in [0.29, 0.717) is 11.4 Å². The fourth-order valence-electron chi connectivity index (χ4n) is 1.73. The molecule has 18 heavy (non-hydrogen) atoms. The second-order valence-corrected chi connectivity index (χ2v) is 4.74. The molecule has 1 heterocycles. The van der Waals surface area contributed by atoms with Crippen molar-refractivity contribution in [2.75, 3.05) is 18.6 Å². The highest BCUT2D eigenvalue weighted by Crippen LogP contribution is 2.33. The standard InChI is InChI=1S/C11H11BrN2O4/c1-14-8-3-2-6(12)4-9(8)18-5-7(10(14)15)13-11(16)17/h2-4,7,13H,5H2,1H3,(H,16,17). The second-order valence-electron chi connectivity index (χ2n) is 3.82. The molecule has 7 heteroatoms. The molecule has 1 aliphatic rings. The molecule has 0 aliphatic carbocycles. The van der Waals surface area contributed by atoms with Crippen LogP contribution in [0.25, 0.3) is 0 Å². The second kappa shape index (κ2) is 4.85. The average molecular weight is 315 g/mol. The van der Waals surface area contributed by atoms with Crippen molar-refractivity contribution in [3.05, 3.63) is 22.7 Å². The highest BCUT2D eigenvalue weighted by molar-refractivity contribution is 9.10. The van der Waals surface area contributed by atoms with Gasteiger partial charge in [0.05, 0.1) is 5.69 Å². The first-order valence-corrected chi connectivity index (χ1v) is 5.97. The maximum atomic E-state index is 12.0. The molecule has 96 valence electrons. The molecule has 1 unspecified atom stereocenters. The molecule has 1 aromatic carbocycles. The molecule has 6 nitrogen and oxygen atoms in total. The summed E-state index contributed by atoms with van der Waals surface area (Å²) >= 11 is 3.31. The lowest BCUT2D eigenvalue weighted by Gasteiger charge is -2.19. The van der Waals surface area contributed by atoms with Crippen LogP contribution in [-0.4, -0.2) is 36.8 Å². The van der Waals surface area contributed by atoms with Gasteiger partial charge in [-0.15, -0.1) is 0 Å². The van der Waals surface area contributed by atoms with Gasteiger partial charge >= 0.3 is 6.09 Å². The summed E-state index contributed by atoms with van der Waals surface area (Å²) in [5, 5.41) is 10.8. The number of benzene rings is 1. The van der Waals surface area contributed by atoms with Crippen LogP contribution in [-0.2, 0) is 4.79 Å². The predicted molar refractivity (Wildman–Crippen MR) is 68.0 cm³/mol. The van der Waals surface area contributed by atoms with Crippen LogP contribution >= 0.6 is 15.9 Å². The monoisotopic (exact) mass is 314 g/mol. The molecule has 0 radical (unpaired) electrons. The normalized spacial score (nSPS) is 18.7. The summed E-state index contributed by atoms with van der Waals surface area (Å²) in [7, 11) is 1.58. The van der Waals surface area contributed by atoms with Gasteiger partial charge in [0, 0.05) is 11.5 Å². The van der Waals surface area contributed by atoms with Crippen LogP contribution in [0.1, 0.15) is 0 Å². The first kappa shape index (κ1) is 12.7. The van der Waals surface area contributed by atoms with Crippen molar-refractivity contribution < 1.29 is 19.4 Å². The Morgan fingerprint density at radius 2 is 2.33 bits per heavy atom. The van der Waals surface area contributed by atoms with Crippen LogP contribution in [0, 0.1) is 0 Å². The SMILES string of the molecule is CN1C(=O)C(NC(=O)O)COc2cc(Br)ccc21. The van der Waals surface area contributed by atoms with Gasteiger partial charge in [0.1, 0.15) is 18.4 Å². The predicted octanol–water partition coefficient (Wildman–Crippen LogP) is 1.44. The van der Waals surface area contributed by atoms with Crippen molar-refractivity contribution in [1.82, 2.24) is 5.32 Å². The van der Waals surface area contributed by atoms with E-state index in [0.717, 1.165) is 4.47 Å². The van der Waals surface area contributed by atoms with Crippen LogP contribution in [0.4, 0.5) is 10.5 Å². The molecule has 0 aromatic heterocycles. The minimum Gasteiger partial charge on any atom is -0.489 e. The van der Waals surface area contributed by atoms with E-state index in [1.165, 1.54) is 4.90 Å². The number of rotatable bonds is 1. The van der Waals surface area contributed by atoms with Crippen LogP contribution in [0.15, 0.2) is 22.7 Å². The summed E-state index contributed by atoms with van der Waals surface area (Å²) in [5.74, 6) is 0.188.